The second-order valence-electron chi connectivity index (χ2n) is 21.2. The number of fused-ring (bicyclic) bond motifs is 6. The Labute approximate surface area is 436 Å². The van der Waals surface area contributed by atoms with Crippen LogP contribution in [0, 0.1) is 0 Å². The summed E-state index contributed by atoms with van der Waals surface area (Å²) in [6, 6.07) is 99.1. The van der Waals surface area contributed by atoms with Crippen molar-refractivity contribution >= 4 is 17.1 Å². The fourth-order valence-electron chi connectivity index (χ4n) is 12.5. The van der Waals surface area contributed by atoms with Crippen LogP contribution in [-0.4, -0.2) is 0 Å². The Morgan fingerprint density at radius 2 is 0.662 bits per heavy atom. The minimum absolute atomic E-state index is 0.0105. The molecule has 0 unspecified atom stereocenters. The molecule has 0 aliphatic heterocycles. The number of benzene rings is 11. The number of nitrogens with zero attached hydrogens (tertiary/aromatic N) is 1. The van der Waals surface area contributed by atoms with Crippen LogP contribution in [0.25, 0.3) is 66.8 Å². The number of rotatable bonds is 10. The molecule has 0 bridgehead atoms. The van der Waals surface area contributed by atoms with Gasteiger partial charge in [-0.25, -0.2) is 0 Å². The first-order valence-corrected chi connectivity index (χ1v) is 26.1. The van der Waals surface area contributed by atoms with Crippen molar-refractivity contribution < 1.29 is 0 Å². The predicted octanol–water partition coefficient (Wildman–Crippen LogP) is 19.6. The van der Waals surface area contributed by atoms with Gasteiger partial charge in [0.25, 0.3) is 0 Å². The van der Waals surface area contributed by atoms with Crippen LogP contribution in [-0.2, 0) is 10.8 Å². The third-order valence-corrected chi connectivity index (χ3v) is 16.2. The third-order valence-electron chi connectivity index (χ3n) is 16.2. The van der Waals surface area contributed by atoms with Crippen molar-refractivity contribution in [3.63, 3.8) is 0 Å². The summed E-state index contributed by atoms with van der Waals surface area (Å²) < 4.78 is 0. The Morgan fingerprint density at radius 1 is 0.284 bits per heavy atom. The highest BCUT2D eigenvalue weighted by Crippen LogP contribution is 2.56. The molecule has 0 heterocycles. The fraction of sp³-hybridized carbons (Fsp3) is 0.0959. The largest absolute Gasteiger partial charge is 0.310 e. The zero-order chi connectivity index (χ0) is 50.0. The van der Waals surface area contributed by atoms with E-state index in [0.717, 1.165) is 17.1 Å². The summed E-state index contributed by atoms with van der Waals surface area (Å²) in [6.45, 7) is 9.58. The monoisotopic (exact) mass is 947 g/mol. The van der Waals surface area contributed by atoms with Crippen molar-refractivity contribution in [1.29, 1.82) is 0 Å². The van der Waals surface area contributed by atoms with Gasteiger partial charge in [0.1, 0.15) is 0 Å². The van der Waals surface area contributed by atoms with Gasteiger partial charge in [-0.2, -0.15) is 0 Å². The van der Waals surface area contributed by atoms with E-state index in [1.807, 2.05) is 0 Å². The number of hydrogen-bond donors (Lipinski definition) is 0. The lowest BCUT2D eigenvalue weighted by Gasteiger charge is -2.29. The molecule has 0 amide bonds. The van der Waals surface area contributed by atoms with Gasteiger partial charge in [0.05, 0.1) is 0 Å². The van der Waals surface area contributed by atoms with Crippen molar-refractivity contribution in [3.8, 4) is 66.8 Å². The first-order valence-electron chi connectivity index (χ1n) is 26.1. The van der Waals surface area contributed by atoms with E-state index >= 15 is 0 Å². The van der Waals surface area contributed by atoms with Crippen molar-refractivity contribution in [1.82, 2.24) is 0 Å². The number of anilines is 3. The van der Waals surface area contributed by atoms with Crippen LogP contribution in [0.2, 0.25) is 0 Å². The maximum Gasteiger partial charge on any atom is 0.0465 e. The quantitative estimate of drug-likeness (QED) is 0.124. The van der Waals surface area contributed by atoms with Crippen LogP contribution < -0.4 is 4.90 Å². The van der Waals surface area contributed by atoms with Crippen molar-refractivity contribution in [2.75, 3.05) is 4.90 Å². The van der Waals surface area contributed by atoms with Crippen LogP contribution in [0.5, 0.6) is 0 Å². The molecular weight excluding hydrogens is 891 g/mol. The number of hydrogen-bond acceptors (Lipinski definition) is 1. The Hall–Kier alpha value is -8.78. The van der Waals surface area contributed by atoms with Gasteiger partial charge in [-0.15, -0.1) is 0 Å². The smallest absolute Gasteiger partial charge is 0.0465 e. The zero-order valence-electron chi connectivity index (χ0n) is 42.4. The van der Waals surface area contributed by atoms with Gasteiger partial charge in [0.15, 0.2) is 0 Å². The van der Waals surface area contributed by atoms with E-state index in [9.17, 15) is 0 Å². The summed E-state index contributed by atoms with van der Waals surface area (Å²) in [7, 11) is 0. The van der Waals surface area contributed by atoms with Crippen LogP contribution in [0.4, 0.5) is 17.1 Å². The van der Waals surface area contributed by atoms with Gasteiger partial charge in [-0.1, -0.05) is 258 Å². The third kappa shape index (κ3) is 7.62. The minimum atomic E-state index is -0.254. The molecule has 2 aliphatic carbocycles. The predicted molar refractivity (Wildman–Crippen MR) is 312 cm³/mol. The summed E-state index contributed by atoms with van der Waals surface area (Å²) in [5.74, 6) is -0.0105. The van der Waals surface area contributed by atoms with Gasteiger partial charge in [-0.05, 0) is 142 Å². The average Bonchev–Trinajstić information content (AvgIpc) is 3.84. The molecule has 2 aliphatic rings. The highest BCUT2D eigenvalue weighted by atomic mass is 15.1. The second kappa shape index (κ2) is 18.1. The molecule has 1 heteroatoms. The van der Waals surface area contributed by atoms with E-state index in [4.69, 9.17) is 0 Å². The van der Waals surface area contributed by atoms with E-state index in [1.54, 1.807) is 0 Å². The van der Waals surface area contributed by atoms with Gasteiger partial charge < -0.3 is 4.90 Å². The molecule has 354 valence electrons. The van der Waals surface area contributed by atoms with Gasteiger partial charge >= 0.3 is 0 Å². The summed E-state index contributed by atoms with van der Waals surface area (Å²) in [4.78, 5) is 2.43. The molecule has 0 fully saturated rings. The van der Waals surface area contributed by atoms with Crippen LogP contribution in [0.3, 0.4) is 0 Å². The average molecular weight is 948 g/mol. The maximum absolute atomic E-state index is 2.44. The zero-order valence-corrected chi connectivity index (χ0v) is 42.4. The van der Waals surface area contributed by atoms with Gasteiger partial charge in [0.2, 0.25) is 0 Å². The van der Waals surface area contributed by atoms with Gasteiger partial charge in [-0.3, -0.25) is 0 Å². The van der Waals surface area contributed by atoms with E-state index in [2.05, 4.69) is 300 Å². The lowest BCUT2D eigenvalue weighted by Crippen LogP contribution is -2.17. The SMILES string of the molecule is CC1(C)c2ccccc2-c2ccc(N(c3ccc(-c4ccccc4)cc3)c3ccc(-c4ccc(C(c5ccc(-c6ccccc6)cc5)c5ccc(-c6ccccc6)cc5)c5c4C(C)(C)c4ccccc4-5)cc3)cc21. The first kappa shape index (κ1) is 45.1. The molecule has 11 aromatic rings. The summed E-state index contributed by atoms with van der Waals surface area (Å²) in [5, 5.41) is 0. The molecule has 0 atom stereocenters. The Kier molecular flexibility index (Phi) is 11.0. The van der Waals surface area contributed by atoms with Crippen LogP contribution >= 0.6 is 0 Å². The molecular formula is C73H57N. The van der Waals surface area contributed by atoms with Crippen LogP contribution in [0.1, 0.15) is 72.6 Å². The molecule has 13 rings (SSSR count). The Balaban J connectivity index is 0.944. The van der Waals surface area contributed by atoms with Crippen LogP contribution in [0.15, 0.2) is 267 Å². The topological polar surface area (TPSA) is 3.24 Å². The molecule has 0 radical (unpaired) electrons. The molecule has 11 aromatic carbocycles. The Morgan fingerprint density at radius 3 is 1.18 bits per heavy atom. The lowest BCUT2D eigenvalue weighted by atomic mass is 9.75. The fourth-order valence-corrected chi connectivity index (χ4v) is 12.5. The molecule has 1 nitrogen and oxygen atoms in total. The van der Waals surface area contributed by atoms with Crippen molar-refractivity contribution in [3.05, 3.63) is 306 Å². The van der Waals surface area contributed by atoms with E-state index in [1.165, 1.54) is 106 Å². The molecule has 0 saturated carbocycles. The van der Waals surface area contributed by atoms with E-state index in [0.29, 0.717) is 0 Å². The summed E-state index contributed by atoms with van der Waals surface area (Å²) in [6.07, 6.45) is 0. The van der Waals surface area contributed by atoms with Crippen molar-refractivity contribution in [2.45, 2.75) is 44.4 Å². The summed E-state index contributed by atoms with van der Waals surface area (Å²) >= 11 is 0. The molecule has 74 heavy (non-hydrogen) atoms. The van der Waals surface area contributed by atoms with Gasteiger partial charge in [0, 0.05) is 33.8 Å². The van der Waals surface area contributed by atoms with E-state index in [-0.39, 0.29) is 16.7 Å². The molecule has 0 spiro atoms. The maximum atomic E-state index is 2.44. The lowest BCUT2D eigenvalue weighted by molar-refractivity contribution is 0.660. The second-order valence-corrected chi connectivity index (χ2v) is 21.2. The highest BCUT2D eigenvalue weighted by Gasteiger charge is 2.41. The highest BCUT2D eigenvalue weighted by molar-refractivity contribution is 5.92. The first-order chi connectivity index (χ1) is 36.2. The molecule has 0 N–H and O–H groups in total. The minimum Gasteiger partial charge on any atom is -0.310 e. The molecule has 0 saturated heterocycles. The summed E-state index contributed by atoms with van der Waals surface area (Å²) in [5.41, 5.74) is 27.4. The Bertz CT molecular complexity index is 3750. The normalized spacial score (nSPS) is 13.5. The molecule has 0 aromatic heterocycles. The van der Waals surface area contributed by atoms with Crippen molar-refractivity contribution in [2.24, 2.45) is 0 Å². The van der Waals surface area contributed by atoms with E-state index < -0.39 is 0 Å². The standard InChI is InChI=1S/C73H57N/c1-72(2)66-26-16-14-24-62(66)63-45-44-60(48-68(63)72)74(58-40-36-54(37-41-58)51-22-12-7-13-23-51)59-42-38-55(39-43-59)61-46-47-65(70-64-25-15-17-27-67(64)73(3,4)71(61)70)69(56-32-28-52(29-33-56)49-18-8-5-9-19-49)57-34-30-53(31-35-57)50-20-10-6-11-21-50/h5-48,69H,1-4H3.